The summed E-state index contributed by atoms with van der Waals surface area (Å²) in [6, 6.07) is 14.4. The van der Waals surface area contributed by atoms with Crippen molar-refractivity contribution in [1.82, 2.24) is 5.32 Å². The molecular formula is C21H25NO3. The lowest BCUT2D eigenvalue weighted by Crippen LogP contribution is -2.30. The molecule has 0 saturated carbocycles. The van der Waals surface area contributed by atoms with Crippen molar-refractivity contribution < 1.29 is 14.7 Å². The molecule has 4 heteroatoms. The highest BCUT2D eigenvalue weighted by atomic mass is 16.4. The molecule has 0 heterocycles. The van der Waals surface area contributed by atoms with E-state index in [1.165, 1.54) is 0 Å². The molecule has 0 saturated heterocycles. The van der Waals surface area contributed by atoms with Crippen LogP contribution in [0.1, 0.15) is 60.3 Å². The summed E-state index contributed by atoms with van der Waals surface area (Å²) in [5, 5.41) is 12.1. The van der Waals surface area contributed by atoms with Gasteiger partial charge in [-0.1, -0.05) is 62.7 Å². The molecule has 1 atom stereocenters. The normalized spacial score (nSPS) is 12.5. The van der Waals surface area contributed by atoms with Gasteiger partial charge in [0.05, 0.1) is 12.5 Å². The molecule has 25 heavy (non-hydrogen) atoms. The Morgan fingerprint density at radius 2 is 1.72 bits per heavy atom. The second-order valence-electron chi connectivity index (χ2n) is 7.37. The fourth-order valence-electron chi connectivity index (χ4n) is 2.67. The van der Waals surface area contributed by atoms with Gasteiger partial charge in [-0.05, 0) is 35.6 Å². The van der Waals surface area contributed by atoms with E-state index in [4.69, 9.17) is 0 Å². The Kier molecular flexibility index (Phi) is 5.62. The number of carbonyl (C=O) groups is 2. The highest BCUT2D eigenvalue weighted by molar-refractivity contribution is 5.94. The first-order valence-corrected chi connectivity index (χ1v) is 8.36. The minimum atomic E-state index is -0.950. The predicted octanol–water partition coefficient (Wildman–Crippen LogP) is 4.24. The van der Waals surface area contributed by atoms with E-state index in [2.05, 4.69) is 26.1 Å². The maximum Gasteiger partial charge on any atom is 0.305 e. The van der Waals surface area contributed by atoms with E-state index in [1.807, 2.05) is 43.3 Å². The number of aliphatic carboxylic acids is 1. The van der Waals surface area contributed by atoms with Crippen molar-refractivity contribution in [2.24, 2.45) is 0 Å². The Morgan fingerprint density at radius 3 is 2.24 bits per heavy atom. The zero-order valence-corrected chi connectivity index (χ0v) is 15.2. The molecular weight excluding hydrogens is 314 g/mol. The Morgan fingerprint density at radius 1 is 1.08 bits per heavy atom. The predicted molar refractivity (Wildman–Crippen MR) is 98.8 cm³/mol. The summed E-state index contributed by atoms with van der Waals surface area (Å²) >= 11 is 0. The van der Waals surface area contributed by atoms with Gasteiger partial charge in [0, 0.05) is 5.56 Å². The van der Waals surface area contributed by atoms with E-state index in [0.29, 0.717) is 5.56 Å². The molecule has 132 valence electrons. The number of amides is 1. The Balaban J connectivity index is 2.24. The maximum absolute atomic E-state index is 12.5. The molecule has 0 bridgehead atoms. The van der Waals surface area contributed by atoms with E-state index >= 15 is 0 Å². The third-order valence-electron chi connectivity index (χ3n) is 4.14. The smallest absolute Gasteiger partial charge is 0.305 e. The maximum atomic E-state index is 12.5. The van der Waals surface area contributed by atoms with Gasteiger partial charge in [-0.15, -0.1) is 0 Å². The first-order chi connectivity index (χ1) is 11.7. The number of rotatable bonds is 5. The Labute approximate surface area is 148 Å². The second-order valence-corrected chi connectivity index (χ2v) is 7.37. The molecule has 0 unspecified atom stereocenters. The highest BCUT2D eigenvalue weighted by Crippen LogP contribution is 2.25. The number of carbonyl (C=O) groups excluding carboxylic acids is 1. The topological polar surface area (TPSA) is 66.4 Å². The van der Waals surface area contributed by atoms with E-state index < -0.39 is 12.0 Å². The number of hydrogen-bond donors (Lipinski definition) is 2. The molecule has 1 amide bonds. The van der Waals surface area contributed by atoms with Crippen LogP contribution in [-0.4, -0.2) is 17.0 Å². The average Bonchev–Trinajstić information content (AvgIpc) is 2.53. The van der Waals surface area contributed by atoms with Crippen molar-refractivity contribution in [2.75, 3.05) is 0 Å². The SMILES string of the molecule is Cc1cccc(C(=O)N[C@@H](CC(=O)O)c2ccc(C(C)(C)C)cc2)c1. The van der Waals surface area contributed by atoms with Crippen LogP contribution < -0.4 is 5.32 Å². The van der Waals surface area contributed by atoms with Gasteiger partial charge in [-0.3, -0.25) is 9.59 Å². The third kappa shape index (κ3) is 5.18. The van der Waals surface area contributed by atoms with E-state index in [9.17, 15) is 14.7 Å². The molecule has 0 spiro atoms. The van der Waals surface area contributed by atoms with E-state index in [1.54, 1.807) is 12.1 Å². The molecule has 2 rings (SSSR count). The lowest BCUT2D eigenvalue weighted by molar-refractivity contribution is -0.137. The number of nitrogens with one attached hydrogen (secondary N) is 1. The van der Waals surface area contributed by atoms with Gasteiger partial charge in [-0.25, -0.2) is 0 Å². The summed E-state index contributed by atoms with van der Waals surface area (Å²) in [4.78, 5) is 23.7. The van der Waals surface area contributed by atoms with Crippen LogP contribution in [0.15, 0.2) is 48.5 Å². The first-order valence-electron chi connectivity index (χ1n) is 8.36. The molecule has 2 aromatic carbocycles. The van der Waals surface area contributed by atoms with Crippen LogP contribution >= 0.6 is 0 Å². The zero-order chi connectivity index (χ0) is 18.6. The number of carboxylic acids is 1. The van der Waals surface area contributed by atoms with Crippen LogP contribution in [0.2, 0.25) is 0 Å². The lowest BCUT2D eigenvalue weighted by atomic mass is 9.86. The molecule has 0 aliphatic heterocycles. The second kappa shape index (κ2) is 7.51. The molecule has 0 aliphatic rings. The summed E-state index contributed by atoms with van der Waals surface area (Å²) in [7, 11) is 0. The fourth-order valence-corrected chi connectivity index (χ4v) is 2.67. The van der Waals surface area contributed by atoms with Crippen molar-refractivity contribution >= 4 is 11.9 Å². The average molecular weight is 339 g/mol. The van der Waals surface area contributed by atoms with Gasteiger partial charge in [0.15, 0.2) is 0 Å². The van der Waals surface area contributed by atoms with Crippen molar-refractivity contribution in [1.29, 1.82) is 0 Å². The van der Waals surface area contributed by atoms with Crippen LogP contribution in [-0.2, 0) is 10.2 Å². The minimum Gasteiger partial charge on any atom is -0.481 e. The molecule has 0 radical (unpaired) electrons. The van der Waals surface area contributed by atoms with Crippen LogP contribution in [0.3, 0.4) is 0 Å². The van der Waals surface area contributed by atoms with Crippen molar-refractivity contribution in [3.8, 4) is 0 Å². The molecule has 2 aromatic rings. The lowest BCUT2D eigenvalue weighted by Gasteiger charge is -2.22. The molecule has 0 aliphatic carbocycles. The number of benzene rings is 2. The van der Waals surface area contributed by atoms with Gasteiger partial charge in [0.1, 0.15) is 0 Å². The van der Waals surface area contributed by atoms with Gasteiger partial charge in [0.2, 0.25) is 0 Å². The minimum absolute atomic E-state index is 0.0195. The number of hydrogen-bond acceptors (Lipinski definition) is 2. The summed E-state index contributed by atoms with van der Waals surface area (Å²) in [6.07, 6.45) is -0.160. The monoisotopic (exact) mass is 339 g/mol. The van der Waals surface area contributed by atoms with Crippen molar-refractivity contribution in [3.05, 3.63) is 70.8 Å². The summed E-state index contributed by atoms with van der Waals surface area (Å²) in [6.45, 7) is 8.28. The highest BCUT2D eigenvalue weighted by Gasteiger charge is 2.20. The van der Waals surface area contributed by atoms with Crippen molar-refractivity contribution in [2.45, 2.75) is 45.6 Å². The van der Waals surface area contributed by atoms with Gasteiger partial charge in [-0.2, -0.15) is 0 Å². The number of aryl methyl sites for hydroxylation is 1. The van der Waals surface area contributed by atoms with E-state index in [0.717, 1.165) is 16.7 Å². The Hall–Kier alpha value is -2.62. The van der Waals surface area contributed by atoms with Gasteiger partial charge in [0.25, 0.3) is 5.91 Å². The molecule has 0 aromatic heterocycles. The largest absolute Gasteiger partial charge is 0.481 e. The van der Waals surface area contributed by atoms with E-state index in [-0.39, 0.29) is 17.7 Å². The summed E-state index contributed by atoms with van der Waals surface area (Å²) in [5.41, 5.74) is 3.48. The van der Waals surface area contributed by atoms with Crippen LogP contribution in [0, 0.1) is 6.92 Å². The molecule has 4 nitrogen and oxygen atoms in total. The fraction of sp³-hybridized carbons (Fsp3) is 0.333. The summed E-state index contributed by atoms with van der Waals surface area (Å²) < 4.78 is 0. The van der Waals surface area contributed by atoms with Crippen LogP contribution in [0.5, 0.6) is 0 Å². The van der Waals surface area contributed by atoms with Crippen LogP contribution in [0.4, 0.5) is 0 Å². The molecule has 0 fully saturated rings. The first kappa shape index (κ1) is 18.7. The number of carboxylic acid groups (broad SMARTS) is 1. The standard InChI is InChI=1S/C21H25NO3/c1-14-6-5-7-16(12-14)20(25)22-18(13-19(23)24)15-8-10-17(11-9-15)21(2,3)4/h5-12,18H,13H2,1-4H3,(H,22,25)(H,23,24)/t18-/m0/s1. The molecule has 2 N–H and O–H groups in total. The third-order valence-corrected chi connectivity index (χ3v) is 4.14. The van der Waals surface area contributed by atoms with Crippen molar-refractivity contribution in [3.63, 3.8) is 0 Å². The zero-order valence-electron chi connectivity index (χ0n) is 15.2. The quantitative estimate of drug-likeness (QED) is 0.856. The Bertz CT molecular complexity index is 757. The van der Waals surface area contributed by atoms with Gasteiger partial charge >= 0.3 is 5.97 Å². The summed E-state index contributed by atoms with van der Waals surface area (Å²) in [5.74, 6) is -1.22. The van der Waals surface area contributed by atoms with Crippen LogP contribution in [0.25, 0.3) is 0 Å². The van der Waals surface area contributed by atoms with Gasteiger partial charge < -0.3 is 10.4 Å².